The fourth-order valence-electron chi connectivity index (χ4n) is 4.87. The fourth-order valence-corrected chi connectivity index (χ4v) is 4.87. The predicted molar refractivity (Wildman–Crippen MR) is 172 cm³/mol. The summed E-state index contributed by atoms with van der Waals surface area (Å²) in [5, 5.41) is 13.3. The van der Waals surface area contributed by atoms with Crippen LogP contribution in [0.15, 0.2) is 57.7 Å². The molecule has 1 atom stereocenters. The summed E-state index contributed by atoms with van der Waals surface area (Å²) in [4.78, 5) is 57.2. The lowest BCUT2D eigenvalue weighted by molar-refractivity contribution is -0.122. The third-order valence-corrected chi connectivity index (χ3v) is 7.64. The molecule has 2 heterocycles. The third kappa shape index (κ3) is 7.32. The minimum Gasteiger partial charge on any atom is -0.493 e. The molecule has 248 valence electrons. The van der Waals surface area contributed by atoms with Crippen LogP contribution in [-0.4, -0.2) is 64.9 Å². The highest BCUT2D eigenvalue weighted by molar-refractivity contribution is 5.98. The Bertz CT molecular complexity index is 1830. The summed E-state index contributed by atoms with van der Waals surface area (Å²) in [5.74, 6) is -0.475. The van der Waals surface area contributed by atoms with E-state index in [1.807, 2.05) is 19.9 Å². The quantitative estimate of drug-likeness (QED) is 0.211. The van der Waals surface area contributed by atoms with E-state index in [0.29, 0.717) is 17.1 Å². The summed E-state index contributed by atoms with van der Waals surface area (Å²) in [6.45, 7) is 8.27. The number of aromatic nitrogens is 4. The van der Waals surface area contributed by atoms with Crippen LogP contribution in [0.4, 0.5) is 10.5 Å². The van der Waals surface area contributed by atoms with Crippen LogP contribution in [0.1, 0.15) is 55.5 Å². The van der Waals surface area contributed by atoms with Gasteiger partial charge < -0.3 is 23.9 Å². The van der Waals surface area contributed by atoms with Crippen molar-refractivity contribution >= 4 is 23.5 Å². The molecule has 0 aliphatic rings. The molecule has 0 fully saturated rings. The lowest BCUT2D eigenvalue weighted by Crippen LogP contribution is -2.47. The van der Waals surface area contributed by atoms with E-state index in [1.54, 1.807) is 70.3 Å². The lowest BCUT2D eigenvalue weighted by Gasteiger charge is -2.22. The molecule has 2 N–H and O–H groups in total. The second-order valence-corrected chi connectivity index (χ2v) is 11.5. The summed E-state index contributed by atoms with van der Waals surface area (Å²) in [6.07, 6.45) is -0.867. The molecule has 0 aliphatic heterocycles. The first-order valence-corrected chi connectivity index (χ1v) is 14.7. The van der Waals surface area contributed by atoms with E-state index in [2.05, 4.69) is 30.6 Å². The molecule has 0 saturated carbocycles. The smallest absolute Gasteiger partial charge is 0.411 e. The molecule has 4 aromatic rings. The van der Waals surface area contributed by atoms with Crippen LogP contribution < -0.4 is 25.7 Å². The number of ketones is 1. The second-order valence-electron chi connectivity index (χ2n) is 11.5. The van der Waals surface area contributed by atoms with Gasteiger partial charge in [0.2, 0.25) is 17.6 Å². The molecule has 0 aliphatic carbocycles. The van der Waals surface area contributed by atoms with Gasteiger partial charge in [0.05, 0.1) is 38.5 Å². The summed E-state index contributed by atoms with van der Waals surface area (Å²) in [5.41, 5.74) is -0.0599. The second kappa shape index (κ2) is 14.3. The number of anilines is 1. The van der Waals surface area contributed by atoms with E-state index in [4.69, 9.17) is 13.9 Å². The molecule has 0 unspecified atom stereocenters. The Morgan fingerprint density at radius 1 is 0.979 bits per heavy atom. The molecule has 0 saturated heterocycles. The van der Waals surface area contributed by atoms with Crippen LogP contribution in [-0.2, 0) is 21.5 Å². The maximum Gasteiger partial charge on any atom is 0.411 e. The van der Waals surface area contributed by atoms with Gasteiger partial charge >= 0.3 is 6.09 Å². The van der Waals surface area contributed by atoms with Crippen molar-refractivity contribution in [3.63, 3.8) is 0 Å². The highest BCUT2D eigenvalue weighted by atomic mass is 16.5. The van der Waals surface area contributed by atoms with Crippen molar-refractivity contribution in [3.8, 4) is 22.9 Å². The SMILES string of the molecule is COC(=O)Nc1c(C)nc(-c2ccccc2)n(CC(=O)N[C@@H](C(=O)c2nnc(C(C)(C)c3ccc(OC)c(OC)c3)o2)C(C)C)c1=O. The van der Waals surface area contributed by atoms with Gasteiger partial charge in [-0.25, -0.2) is 9.78 Å². The molecule has 0 spiro atoms. The number of methoxy groups -OCH3 is 3. The van der Waals surface area contributed by atoms with Crippen molar-refractivity contribution in [2.24, 2.45) is 5.92 Å². The molecule has 2 amide bonds. The van der Waals surface area contributed by atoms with Gasteiger partial charge in [0.15, 0.2) is 11.5 Å². The van der Waals surface area contributed by atoms with E-state index < -0.39 is 47.3 Å². The molecule has 47 heavy (non-hydrogen) atoms. The van der Waals surface area contributed by atoms with Crippen LogP contribution in [0.3, 0.4) is 0 Å². The van der Waals surface area contributed by atoms with Crippen molar-refractivity contribution in [2.45, 2.75) is 52.6 Å². The van der Waals surface area contributed by atoms with Crippen LogP contribution in [0.5, 0.6) is 11.5 Å². The van der Waals surface area contributed by atoms with Gasteiger partial charge in [-0.05, 0) is 44.4 Å². The van der Waals surface area contributed by atoms with Gasteiger partial charge in [-0.15, -0.1) is 10.2 Å². The minimum atomic E-state index is -1.07. The van der Waals surface area contributed by atoms with Crippen LogP contribution in [0.2, 0.25) is 0 Å². The number of aryl methyl sites for hydroxylation is 1. The van der Waals surface area contributed by atoms with Crippen molar-refractivity contribution in [1.82, 2.24) is 25.1 Å². The largest absolute Gasteiger partial charge is 0.493 e. The highest BCUT2D eigenvalue weighted by Gasteiger charge is 2.35. The molecule has 14 heteroatoms. The molecule has 0 radical (unpaired) electrons. The first-order chi connectivity index (χ1) is 22.3. The molecule has 2 aromatic carbocycles. The summed E-state index contributed by atoms with van der Waals surface area (Å²) in [6, 6.07) is 13.1. The van der Waals surface area contributed by atoms with E-state index in [0.717, 1.165) is 17.2 Å². The number of hydrogen-bond donors (Lipinski definition) is 2. The normalized spacial score (nSPS) is 11.9. The molecule has 14 nitrogen and oxygen atoms in total. The van der Waals surface area contributed by atoms with E-state index >= 15 is 0 Å². The highest BCUT2D eigenvalue weighted by Crippen LogP contribution is 2.36. The number of nitrogens with zero attached hydrogens (tertiary/aromatic N) is 4. The Kier molecular flexibility index (Phi) is 10.4. The first-order valence-electron chi connectivity index (χ1n) is 14.7. The Morgan fingerprint density at radius 3 is 2.28 bits per heavy atom. The first kappa shape index (κ1) is 34.3. The number of nitrogens with one attached hydrogen (secondary N) is 2. The third-order valence-electron chi connectivity index (χ3n) is 7.64. The van der Waals surface area contributed by atoms with Crippen molar-refractivity contribution in [1.29, 1.82) is 0 Å². The number of carbonyl (C=O) groups excluding carboxylic acids is 3. The van der Waals surface area contributed by atoms with Crippen LogP contribution in [0, 0.1) is 12.8 Å². The standard InChI is InChI=1S/C33H38N6O8/c1-18(2)25(27(41)29-37-38-31(47-29)33(4,5)21-14-15-22(44-6)23(16-21)45-7)35-24(40)17-39-28(20-12-10-9-11-13-20)34-19(3)26(30(39)42)36-32(43)46-8/h9-16,18,25H,17H2,1-8H3,(H,35,40)(H,36,43)/t25-/m1/s1. The molecule has 0 bridgehead atoms. The number of amides is 2. The molecule has 4 rings (SSSR count). The van der Waals surface area contributed by atoms with E-state index in [9.17, 15) is 19.2 Å². The topological polar surface area (TPSA) is 177 Å². The molecule has 2 aromatic heterocycles. The fraction of sp³-hybridized carbons (Fsp3) is 0.364. The maximum absolute atomic E-state index is 13.7. The Hall–Kier alpha value is -5.53. The number of Topliss-reactive ketones (excluding diaryl/α,β-unsaturated/α-hetero) is 1. The number of hydrogen-bond acceptors (Lipinski definition) is 11. The summed E-state index contributed by atoms with van der Waals surface area (Å²) in [7, 11) is 4.24. The van der Waals surface area contributed by atoms with Crippen LogP contribution in [0.25, 0.3) is 11.4 Å². The van der Waals surface area contributed by atoms with Crippen molar-refractivity contribution < 1.29 is 33.0 Å². The zero-order valence-corrected chi connectivity index (χ0v) is 27.5. The Balaban J connectivity index is 1.62. The molecular formula is C33H38N6O8. The number of rotatable bonds is 12. The van der Waals surface area contributed by atoms with Gasteiger partial charge in [0.25, 0.3) is 11.4 Å². The van der Waals surface area contributed by atoms with Crippen LogP contribution >= 0.6 is 0 Å². The minimum absolute atomic E-state index is 0.142. The molecular weight excluding hydrogens is 608 g/mol. The Morgan fingerprint density at radius 2 is 1.66 bits per heavy atom. The van der Waals surface area contributed by atoms with Gasteiger partial charge in [-0.1, -0.05) is 50.2 Å². The summed E-state index contributed by atoms with van der Waals surface area (Å²) >= 11 is 0. The predicted octanol–water partition coefficient (Wildman–Crippen LogP) is 4.15. The van der Waals surface area contributed by atoms with Gasteiger partial charge in [-0.2, -0.15) is 0 Å². The number of ether oxygens (including phenoxy) is 3. The van der Waals surface area contributed by atoms with E-state index in [-0.39, 0.29) is 29.0 Å². The lowest BCUT2D eigenvalue weighted by atomic mass is 9.84. The van der Waals surface area contributed by atoms with Gasteiger partial charge in [0.1, 0.15) is 18.1 Å². The summed E-state index contributed by atoms with van der Waals surface area (Å²) < 4.78 is 22.4. The average Bonchev–Trinajstić information content (AvgIpc) is 3.57. The van der Waals surface area contributed by atoms with E-state index in [1.165, 1.54) is 7.11 Å². The van der Waals surface area contributed by atoms with Gasteiger partial charge in [-0.3, -0.25) is 24.3 Å². The number of carbonyl (C=O) groups is 3. The zero-order valence-electron chi connectivity index (χ0n) is 27.5. The number of benzene rings is 2. The van der Waals surface area contributed by atoms with Crippen molar-refractivity contribution in [3.05, 3.63) is 81.9 Å². The Labute approximate surface area is 271 Å². The monoisotopic (exact) mass is 646 g/mol. The maximum atomic E-state index is 13.7. The van der Waals surface area contributed by atoms with Gasteiger partial charge in [0, 0.05) is 5.56 Å². The zero-order chi connectivity index (χ0) is 34.5. The average molecular weight is 647 g/mol. The van der Waals surface area contributed by atoms with Crippen molar-refractivity contribution in [2.75, 3.05) is 26.6 Å².